The number of aliphatic hydroxyl groups excluding tert-OH is 2. The number of aliphatic hydroxyl groups is 2. The highest BCUT2D eigenvalue weighted by Crippen LogP contribution is 2.36. The molecule has 0 aliphatic carbocycles. The highest BCUT2D eigenvalue weighted by Gasteiger charge is 2.11. The Morgan fingerprint density at radius 1 is 0.650 bits per heavy atom. The molecular weight excluding hydrogens is 500 g/mol. The molecule has 0 atom stereocenters. The van der Waals surface area contributed by atoms with Crippen LogP contribution in [0.1, 0.15) is 38.5 Å². The van der Waals surface area contributed by atoms with E-state index >= 15 is 0 Å². The van der Waals surface area contributed by atoms with Gasteiger partial charge in [0.1, 0.15) is 17.2 Å². The van der Waals surface area contributed by atoms with Gasteiger partial charge in [-0.05, 0) is 83.9 Å². The van der Waals surface area contributed by atoms with Crippen molar-refractivity contribution in [2.45, 2.75) is 38.5 Å². The van der Waals surface area contributed by atoms with E-state index < -0.39 is 0 Å². The van der Waals surface area contributed by atoms with Crippen LogP contribution >= 0.6 is 0 Å². The maximum atomic E-state index is 9.18. The molecule has 0 amide bonds. The Morgan fingerprint density at radius 3 is 1.88 bits per heavy atom. The SMILES string of the molecule is C=CCCCCCOc1cc(-c2cccc(OCCC(=C)CO)c2)ccc1-c1cccc(OCCC(=C)CO)c1. The van der Waals surface area contributed by atoms with E-state index in [9.17, 15) is 5.11 Å². The Bertz CT molecular complexity index is 1250. The van der Waals surface area contributed by atoms with Crippen molar-refractivity contribution in [3.63, 3.8) is 0 Å². The second-order valence-electron chi connectivity index (χ2n) is 9.77. The highest BCUT2D eigenvalue weighted by molar-refractivity contribution is 5.77. The lowest BCUT2D eigenvalue weighted by Crippen LogP contribution is -2.01. The molecule has 0 fully saturated rings. The molecular formula is C35H42O5. The second-order valence-corrected chi connectivity index (χ2v) is 9.77. The van der Waals surface area contributed by atoms with Crippen LogP contribution in [0.4, 0.5) is 0 Å². The molecule has 3 aromatic rings. The van der Waals surface area contributed by atoms with Crippen LogP contribution in [0, 0.1) is 0 Å². The van der Waals surface area contributed by atoms with Gasteiger partial charge in [0.25, 0.3) is 0 Å². The van der Waals surface area contributed by atoms with E-state index in [0.717, 1.165) is 76.3 Å². The van der Waals surface area contributed by atoms with Gasteiger partial charge in [-0.2, -0.15) is 0 Å². The molecule has 0 spiro atoms. The topological polar surface area (TPSA) is 68.2 Å². The minimum atomic E-state index is -0.0292. The summed E-state index contributed by atoms with van der Waals surface area (Å²) in [4.78, 5) is 0. The minimum Gasteiger partial charge on any atom is -0.493 e. The van der Waals surface area contributed by atoms with Crippen molar-refractivity contribution >= 4 is 0 Å². The van der Waals surface area contributed by atoms with Crippen molar-refractivity contribution in [3.05, 3.63) is 104 Å². The van der Waals surface area contributed by atoms with Crippen LogP contribution in [0.25, 0.3) is 22.3 Å². The summed E-state index contributed by atoms with van der Waals surface area (Å²) in [6.45, 7) is 12.9. The Labute approximate surface area is 239 Å². The molecule has 0 unspecified atom stereocenters. The van der Waals surface area contributed by atoms with Crippen LogP contribution in [0.5, 0.6) is 17.2 Å². The number of benzene rings is 3. The minimum absolute atomic E-state index is 0.0265. The number of rotatable bonds is 19. The second kappa shape index (κ2) is 17.0. The molecule has 5 nitrogen and oxygen atoms in total. The van der Waals surface area contributed by atoms with Gasteiger partial charge in [0.2, 0.25) is 0 Å². The number of hydrogen-bond acceptors (Lipinski definition) is 5. The monoisotopic (exact) mass is 542 g/mol. The first kappa shape index (κ1) is 30.7. The molecule has 0 aromatic heterocycles. The molecule has 0 saturated heterocycles. The molecule has 40 heavy (non-hydrogen) atoms. The van der Waals surface area contributed by atoms with E-state index in [1.165, 1.54) is 0 Å². The maximum absolute atomic E-state index is 9.18. The summed E-state index contributed by atoms with van der Waals surface area (Å²) in [5, 5.41) is 18.3. The first-order chi connectivity index (χ1) is 19.5. The fourth-order valence-electron chi connectivity index (χ4n) is 4.11. The lowest BCUT2D eigenvalue weighted by molar-refractivity contribution is 0.294. The van der Waals surface area contributed by atoms with Crippen LogP contribution < -0.4 is 14.2 Å². The van der Waals surface area contributed by atoms with Gasteiger partial charge in [-0.25, -0.2) is 0 Å². The van der Waals surface area contributed by atoms with E-state index in [1.54, 1.807) is 0 Å². The van der Waals surface area contributed by atoms with Crippen LogP contribution in [-0.2, 0) is 0 Å². The van der Waals surface area contributed by atoms with E-state index in [2.05, 4.69) is 50.1 Å². The molecule has 212 valence electrons. The first-order valence-electron chi connectivity index (χ1n) is 13.9. The standard InChI is InChI=1S/C35H42O5/c1-4-5-6-7-8-19-40-35-24-30(29-11-9-13-32(22-29)38-20-17-27(2)25-36)15-16-34(35)31-12-10-14-33(23-31)39-21-18-28(3)26-37/h4,9-16,22-24,36-37H,1-3,5-8,17-21,25-26H2. The fourth-order valence-corrected chi connectivity index (χ4v) is 4.11. The number of hydrogen-bond donors (Lipinski definition) is 2. The predicted molar refractivity (Wildman–Crippen MR) is 164 cm³/mol. The van der Waals surface area contributed by atoms with Crippen molar-refractivity contribution in [2.24, 2.45) is 0 Å². The van der Waals surface area contributed by atoms with Gasteiger partial charge in [-0.3, -0.25) is 0 Å². The van der Waals surface area contributed by atoms with Crippen LogP contribution in [0.3, 0.4) is 0 Å². The highest BCUT2D eigenvalue weighted by atomic mass is 16.5. The third-order valence-corrected chi connectivity index (χ3v) is 6.50. The lowest BCUT2D eigenvalue weighted by Gasteiger charge is -2.15. The molecule has 0 aliphatic heterocycles. The average molecular weight is 543 g/mol. The third-order valence-electron chi connectivity index (χ3n) is 6.50. The summed E-state index contributed by atoms with van der Waals surface area (Å²) in [5.41, 5.74) is 5.57. The van der Waals surface area contributed by atoms with Gasteiger partial charge in [0.05, 0.1) is 33.0 Å². The molecule has 3 aromatic carbocycles. The van der Waals surface area contributed by atoms with Crippen LogP contribution in [0.2, 0.25) is 0 Å². The summed E-state index contributed by atoms with van der Waals surface area (Å²) in [5.74, 6) is 2.35. The molecule has 5 heteroatoms. The van der Waals surface area contributed by atoms with Gasteiger partial charge in [-0.15, -0.1) is 6.58 Å². The van der Waals surface area contributed by atoms with Gasteiger partial charge in [-0.1, -0.05) is 55.6 Å². The van der Waals surface area contributed by atoms with Gasteiger partial charge < -0.3 is 24.4 Å². The van der Waals surface area contributed by atoms with Crippen LogP contribution in [0.15, 0.2) is 104 Å². The normalized spacial score (nSPS) is 10.7. The molecule has 2 N–H and O–H groups in total. The maximum Gasteiger partial charge on any atom is 0.127 e. The lowest BCUT2D eigenvalue weighted by atomic mass is 9.98. The molecule has 0 aliphatic rings. The molecule has 0 saturated carbocycles. The summed E-state index contributed by atoms with van der Waals surface area (Å²) in [7, 11) is 0. The average Bonchev–Trinajstić information content (AvgIpc) is 2.99. The van der Waals surface area contributed by atoms with Crippen LogP contribution in [-0.4, -0.2) is 43.2 Å². The summed E-state index contributed by atoms with van der Waals surface area (Å²) >= 11 is 0. The number of unbranched alkanes of at least 4 members (excludes halogenated alkanes) is 3. The van der Waals surface area contributed by atoms with E-state index in [1.807, 2.05) is 42.5 Å². The summed E-state index contributed by atoms with van der Waals surface area (Å²) in [6.07, 6.45) is 7.36. The predicted octanol–water partition coefficient (Wildman–Crippen LogP) is 7.78. The number of allylic oxidation sites excluding steroid dienone is 1. The quantitative estimate of drug-likeness (QED) is 0.120. The first-order valence-corrected chi connectivity index (χ1v) is 13.9. The Morgan fingerprint density at radius 2 is 1.25 bits per heavy atom. The molecule has 3 rings (SSSR count). The molecule has 0 bridgehead atoms. The Kier molecular flexibility index (Phi) is 13.1. The van der Waals surface area contributed by atoms with Crippen molar-refractivity contribution in [1.82, 2.24) is 0 Å². The zero-order valence-electron chi connectivity index (χ0n) is 23.4. The van der Waals surface area contributed by atoms with Crippen molar-refractivity contribution in [2.75, 3.05) is 33.0 Å². The van der Waals surface area contributed by atoms with Gasteiger partial charge in [0.15, 0.2) is 0 Å². The van der Waals surface area contributed by atoms with Gasteiger partial charge in [0, 0.05) is 18.4 Å². The zero-order valence-corrected chi connectivity index (χ0v) is 23.4. The van der Waals surface area contributed by atoms with Crippen molar-refractivity contribution in [1.29, 1.82) is 0 Å². The van der Waals surface area contributed by atoms with Crippen molar-refractivity contribution in [3.8, 4) is 39.5 Å². The zero-order chi connectivity index (χ0) is 28.6. The molecule has 0 heterocycles. The third kappa shape index (κ3) is 10.1. The Balaban J connectivity index is 1.81. The van der Waals surface area contributed by atoms with Gasteiger partial charge >= 0.3 is 0 Å². The fraction of sp³-hybridized carbons (Fsp3) is 0.314. The Hall–Kier alpha value is -3.80. The van der Waals surface area contributed by atoms with E-state index in [-0.39, 0.29) is 13.2 Å². The number of ether oxygens (including phenoxy) is 3. The summed E-state index contributed by atoms with van der Waals surface area (Å²) in [6, 6.07) is 22.2. The molecule has 0 radical (unpaired) electrons. The smallest absolute Gasteiger partial charge is 0.127 e. The van der Waals surface area contributed by atoms with E-state index in [4.69, 9.17) is 19.3 Å². The van der Waals surface area contributed by atoms with E-state index in [0.29, 0.717) is 32.7 Å². The van der Waals surface area contributed by atoms with Crippen molar-refractivity contribution < 1.29 is 24.4 Å². The summed E-state index contributed by atoms with van der Waals surface area (Å²) < 4.78 is 18.2. The largest absolute Gasteiger partial charge is 0.493 e.